The Hall–Kier alpha value is -3.24. The minimum atomic E-state index is -4.40. The van der Waals surface area contributed by atoms with Crippen LogP contribution in [-0.2, 0) is 22.1 Å². The number of aliphatic carboxylic acids is 1. The Morgan fingerprint density at radius 2 is 1.90 bits per heavy atom. The topological polar surface area (TPSA) is 55.8 Å². The van der Waals surface area contributed by atoms with Gasteiger partial charge < -0.3 is 14.6 Å². The van der Waals surface area contributed by atoms with Gasteiger partial charge in [-0.15, -0.1) is 0 Å². The summed E-state index contributed by atoms with van der Waals surface area (Å²) in [5, 5.41) is 9.14. The third kappa shape index (κ3) is 8.19. The SMILES string of the molecule is CCOC(Cc1ccc(OC/C=C(/C)C#Cc2cccc(C(F)(F)F)c2)cc1)C(=O)O. The van der Waals surface area contributed by atoms with E-state index in [1.165, 1.54) is 12.1 Å². The Morgan fingerprint density at radius 1 is 1.19 bits per heavy atom. The first kappa shape index (κ1) is 24.0. The van der Waals surface area contributed by atoms with Gasteiger partial charge in [-0.05, 0) is 61.4 Å². The predicted octanol–water partition coefficient (Wildman–Crippen LogP) is 5.11. The van der Waals surface area contributed by atoms with E-state index < -0.39 is 23.8 Å². The van der Waals surface area contributed by atoms with E-state index in [-0.39, 0.29) is 18.6 Å². The molecule has 1 N–H and O–H groups in total. The van der Waals surface area contributed by atoms with Crippen LogP contribution in [0.3, 0.4) is 0 Å². The molecule has 0 amide bonds. The summed E-state index contributed by atoms with van der Waals surface area (Å²) >= 11 is 0. The van der Waals surface area contributed by atoms with E-state index in [0.29, 0.717) is 17.9 Å². The van der Waals surface area contributed by atoms with Crippen molar-refractivity contribution in [3.05, 3.63) is 76.9 Å². The first-order chi connectivity index (χ1) is 14.7. The number of halogens is 3. The maximum Gasteiger partial charge on any atom is 0.416 e. The Kier molecular flexibility index (Phi) is 8.71. The second-order valence-corrected chi connectivity index (χ2v) is 6.66. The van der Waals surface area contributed by atoms with Crippen LogP contribution >= 0.6 is 0 Å². The summed E-state index contributed by atoms with van der Waals surface area (Å²) in [4.78, 5) is 11.2. The lowest BCUT2D eigenvalue weighted by Gasteiger charge is -2.12. The molecular weight excluding hydrogens is 409 g/mol. The van der Waals surface area contributed by atoms with Crippen molar-refractivity contribution in [3.8, 4) is 17.6 Å². The van der Waals surface area contributed by atoms with Gasteiger partial charge in [0.15, 0.2) is 6.10 Å². The van der Waals surface area contributed by atoms with Crippen LogP contribution in [0.4, 0.5) is 13.2 Å². The molecule has 2 rings (SSSR count). The maximum atomic E-state index is 12.7. The third-order valence-electron chi connectivity index (χ3n) is 4.22. The Balaban J connectivity index is 1.91. The molecule has 0 saturated heterocycles. The van der Waals surface area contributed by atoms with Crippen molar-refractivity contribution in [2.45, 2.75) is 32.5 Å². The van der Waals surface area contributed by atoms with Gasteiger partial charge in [-0.2, -0.15) is 13.2 Å². The van der Waals surface area contributed by atoms with Crippen LogP contribution in [0.25, 0.3) is 0 Å². The molecule has 7 heteroatoms. The number of allylic oxidation sites excluding steroid dienone is 1. The molecule has 4 nitrogen and oxygen atoms in total. The highest BCUT2D eigenvalue weighted by Gasteiger charge is 2.30. The van der Waals surface area contributed by atoms with Crippen LogP contribution in [0.5, 0.6) is 5.75 Å². The lowest BCUT2D eigenvalue weighted by atomic mass is 10.1. The second kappa shape index (κ2) is 11.2. The van der Waals surface area contributed by atoms with E-state index >= 15 is 0 Å². The fraction of sp³-hybridized carbons (Fsp3) is 0.292. The molecule has 0 spiro atoms. The standard InChI is InChI=1S/C24H23F3O4/c1-3-30-22(23(28)29)16-19-9-11-21(12-10-19)31-14-13-17(2)7-8-18-5-4-6-20(15-18)24(25,26)27/h4-6,9-13,15,22H,3,14,16H2,1-2H3,(H,28,29)/b17-13-. The molecule has 0 saturated carbocycles. The van der Waals surface area contributed by atoms with E-state index in [9.17, 15) is 18.0 Å². The average Bonchev–Trinajstić information content (AvgIpc) is 2.72. The number of rotatable bonds is 8. The fourth-order valence-corrected chi connectivity index (χ4v) is 2.61. The number of carboxylic acid groups (broad SMARTS) is 1. The van der Waals surface area contributed by atoms with Crippen LogP contribution < -0.4 is 4.74 Å². The molecule has 0 bridgehead atoms. The number of carbonyl (C=O) groups is 1. The summed E-state index contributed by atoms with van der Waals surface area (Å²) < 4.78 is 49.0. The molecule has 0 aliphatic rings. The van der Waals surface area contributed by atoms with Crippen molar-refractivity contribution < 1.29 is 32.5 Å². The highest BCUT2D eigenvalue weighted by atomic mass is 19.4. The van der Waals surface area contributed by atoms with E-state index in [2.05, 4.69) is 11.8 Å². The van der Waals surface area contributed by atoms with Gasteiger partial charge in [0, 0.05) is 18.6 Å². The number of carboxylic acids is 1. The zero-order valence-electron chi connectivity index (χ0n) is 17.2. The lowest BCUT2D eigenvalue weighted by molar-refractivity contribution is -0.150. The number of alkyl halides is 3. The molecule has 1 unspecified atom stereocenters. The number of ether oxygens (including phenoxy) is 2. The Labute approximate surface area is 179 Å². The van der Waals surface area contributed by atoms with E-state index in [0.717, 1.165) is 17.7 Å². The van der Waals surface area contributed by atoms with Crippen LogP contribution in [-0.4, -0.2) is 30.4 Å². The van der Waals surface area contributed by atoms with Crippen molar-refractivity contribution in [2.75, 3.05) is 13.2 Å². The van der Waals surface area contributed by atoms with Gasteiger partial charge in [-0.1, -0.05) is 30.0 Å². The predicted molar refractivity (Wildman–Crippen MR) is 111 cm³/mol. The van der Waals surface area contributed by atoms with E-state index in [4.69, 9.17) is 14.6 Å². The average molecular weight is 432 g/mol. The molecule has 0 heterocycles. The highest BCUT2D eigenvalue weighted by Crippen LogP contribution is 2.29. The zero-order valence-corrected chi connectivity index (χ0v) is 17.2. The summed E-state index contributed by atoms with van der Waals surface area (Å²) in [6.45, 7) is 4.04. The molecule has 1 atom stereocenters. The van der Waals surface area contributed by atoms with Gasteiger partial charge in [0.1, 0.15) is 12.4 Å². The van der Waals surface area contributed by atoms with Gasteiger partial charge in [0.05, 0.1) is 5.56 Å². The van der Waals surface area contributed by atoms with Gasteiger partial charge in [0.2, 0.25) is 0 Å². The molecule has 0 aliphatic carbocycles. The van der Waals surface area contributed by atoms with Crippen LogP contribution in [0.2, 0.25) is 0 Å². The molecule has 2 aromatic rings. The normalized spacial score (nSPS) is 12.6. The monoisotopic (exact) mass is 432 g/mol. The molecule has 2 aromatic carbocycles. The fourth-order valence-electron chi connectivity index (χ4n) is 2.61. The molecule has 0 aromatic heterocycles. The zero-order chi connectivity index (χ0) is 22.9. The summed E-state index contributed by atoms with van der Waals surface area (Å²) in [5.74, 6) is 5.12. The quantitative estimate of drug-likeness (QED) is 0.589. The third-order valence-corrected chi connectivity index (χ3v) is 4.22. The van der Waals surface area contributed by atoms with Crippen molar-refractivity contribution in [3.63, 3.8) is 0 Å². The second-order valence-electron chi connectivity index (χ2n) is 6.66. The minimum Gasteiger partial charge on any atom is -0.490 e. The van der Waals surface area contributed by atoms with Crippen molar-refractivity contribution in [2.24, 2.45) is 0 Å². The number of hydrogen-bond acceptors (Lipinski definition) is 3. The van der Waals surface area contributed by atoms with Crippen molar-refractivity contribution in [1.82, 2.24) is 0 Å². The molecule has 31 heavy (non-hydrogen) atoms. The first-order valence-electron chi connectivity index (χ1n) is 9.61. The van der Waals surface area contributed by atoms with Crippen molar-refractivity contribution >= 4 is 5.97 Å². The van der Waals surface area contributed by atoms with E-state index in [1.807, 2.05) is 0 Å². The number of benzene rings is 2. The molecule has 0 aliphatic heterocycles. The van der Waals surface area contributed by atoms with Gasteiger partial charge >= 0.3 is 12.1 Å². The summed E-state index contributed by atoms with van der Waals surface area (Å²) in [6, 6.07) is 11.9. The van der Waals surface area contributed by atoms with Crippen molar-refractivity contribution in [1.29, 1.82) is 0 Å². The number of hydrogen-bond donors (Lipinski definition) is 1. The summed E-state index contributed by atoms with van der Waals surface area (Å²) in [5.41, 5.74) is 1.02. The van der Waals surface area contributed by atoms with Gasteiger partial charge in [-0.25, -0.2) is 4.79 Å². The van der Waals surface area contributed by atoms with Gasteiger partial charge in [0.25, 0.3) is 0 Å². The van der Waals surface area contributed by atoms with Gasteiger partial charge in [-0.3, -0.25) is 0 Å². The minimum absolute atomic E-state index is 0.235. The van der Waals surface area contributed by atoms with Crippen LogP contribution in [0, 0.1) is 11.8 Å². The summed E-state index contributed by atoms with van der Waals surface area (Å²) in [7, 11) is 0. The molecule has 164 valence electrons. The Morgan fingerprint density at radius 3 is 2.52 bits per heavy atom. The van der Waals surface area contributed by atoms with Crippen LogP contribution in [0.1, 0.15) is 30.5 Å². The Bertz CT molecular complexity index is 967. The highest BCUT2D eigenvalue weighted by molar-refractivity contribution is 5.72. The van der Waals surface area contributed by atoms with Crippen LogP contribution in [0.15, 0.2) is 60.2 Å². The smallest absolute Gasteiger partial charge is 0.416 e. The molecule has 0 radical (unpaired) electrons. The van der Waals surface area contributed by atoms with E-state index in [1.54, 1.807) is 44.2 Å². The summed E-state index contributed by atoms with van der Waals surface area (Å²) in [6.07, 6.45) is -3.31. The maximum absolute atomic E-state index is 12.7. The molecular formula is C24H23F3O4. The first-order valence-corrected chi connectivity index (χ1v) is 9.61. The molecule has 0 fully saturated rings. The lowest BCUT2D eigenvalue weighted by Crippen LogP contribution is -2.26. The largest absolute Gasteiger partial charge is 0.490 e.